The molecule has 0 fully saturated rings. The van der Waals surface area contributed by atoms with Crippen LogP contribution in [0.15, 0.2) is 29.3 Å². The minimum Gasteiger partial charge on any atom is -0.497 e. The summed E-state index contributed by atoms with van der Waals surface area (Å²) >= 11 is 0. The Morgan fingerprint density at radius 3 is 2.39 bits per heavy atom. The molecule has 0 atom stereocenters. The lowest BCUT2D eigenvalue weighted by Gasteiger charge is -2.25. The largest absolute Gasteiger partial charge is 0.497 e. The van der Waals surface area contributed by atoms with Crippen molar-refractivity contribution in [3.63, 3.8) is 0 Å². The molecule has 0 spiro atoms. The number of nitrogens with zero attached hydrogens (tertiary/aromatic N) is 5. The van der Waals surface area contributed by atoms with E-state index in [4.69, 9.17) is 9.73 Å². The maximum atomic E-state index is 12.4. The Morgan fingerprint density at radius 2 is 1.87 bits per heavy atom. The standard InChI is InChI=1S/C21H33N7O2.HI/c1-15-25-26-18(28(15)6)13-23-20(27(5)14-19(29)24-21(2,3)4)22-12-16-8-10-17(30-7)11-9-16;/h8-11H,12-14H2,1-7H3,(H,22,23)(H,24,29);1H. The molecule has 0 radical (unpaired) electrons. The molecule has 0 aliphatic carbocycles. The van der Waals surface area contributed by atoms with Gasteiger partial charge in [0.15, 0.2) is 11.8 Å². The van der Waals surface area contributed by atoms with E-state index in [1.165, 1.54) is 0 Å². The van der Waals surface area contributed by atoms with Crippen LogP contribution in [0.25, 0.3) is 0 Å². The van der Waals surface area contributed by atoms with E-state index in [9.17, 15) is 4.79 Å². The number of carbonyl (C=O) groups is 1. The van der Waals surface area contributed by atoms with Crippen LogP contribution in [-0.4, -0.2) is 57.8 Å². The predicted octanol–water partition coefficient (Wildman–Crippen LogP) is 2.24. The van der Waals surface area contributed by atoms with Crippen molar-refractivity contribution in [1.82, 2.24) is 30.3 Å². The summed E-state index contributed by atoms with van der Waals surface area (Å²) in [6.07, 6.45) is 0. The van der Waals surface area contributed by atoms with Gasteiger partial charge >= 0.3 is 0 Å². The van der Waals surface area contributed by atoms with E-state index >= 15 is 0 Å². The summed E-state index contributed by atoms with van der Waals surface area (Å²) in [5.41, 5.74) is 0.749. The van der Waals surface area contributed by atoms with Crippen LogP contribution >= 0.6 is 24.0 Å². The predicted molar refractivity (Wildman–Crippen MR) is 133 cm³/mol. The molecule has 172 valence electrons. The Balaban J connectivity index is 0.00000480. The third-order valence-corrected chi connectivity index (χ3v) is 4.41. The molecule has 9 nitrogen and oxygen atoms in total. The fourth-order valence-corrected chi connectivity index (χ4v) is 2.72. The van der Waals surface area contributed by atoms with Gasteiger partial charge < -0.3 is 24.8 Å². The molecule has 0 bridgehead atoms. The van der Waals surface area contributed by atoms with Crippen molar-refractivity contribution in [2.75, 3.05) is 20.7 Å². The first kappa shape index (κ1) is 26.7. The van der Waals surface area contributed by atoms with Crippen LogP contribution in [0.1, 0.15) is 38.0 Å². The molecular weight excluding hydrogens is 509 g/mol. The summed E-state index contributed by atoms with van der Waals surface area (Å²) in [4.78, 5) is 18.9. The molecule has 1 aromatic heterocycles. The Bertz CT molecular complexity index is 873. The molecule has 0 unspecified atom stereocenters. The van der Waals surface area contributed by atoms with Crippen LogP contribution in [0.3, 0.4) is 0 Å². The minimum absolute atomic E-state index is 0. The smallest absolute Gasteiger partial charge is 0.240 e. The molecule has 31 heavy (non-hydrogen) atoms. The third kappa shape index (κ3) is 8.72. The molecule has 2 rings (SSSR count). The summed E-state index contributed by atoms with van der Waals surface area (Å²) < 4.78 is 7.12. The Morgan fingerprint density at radius 1 is 1.23 bits per heavy atom. The maximum absolute atomic E-state index is 12.4. The van der Waals surface area contributed by atoms with Crippen molar-refractivity contribution >= 4 is 35.8 Å². The average molecular weight is 543 g/mol. The molecule has 1 amide bonds. The highest BCUT2D eigenvalue weighted by Gasteiger charge is 2.17. The van der Waals surface area contributed by atoms with Crippen molar-refractivity contribution in [3.05, 3.63) is 41.5 Å². The van der Waals surface area contributed by atoms with Gasteiger partial charge in [0.1, 0.15) is 11.6 Å². The van der Waals surface area contributed by atoms with Crippen molar-refractivity contribution < 1.29 is 9.53 Å². The number of hydrogen-bond donors (Lipinski definition) is 2. The fraction of sp³-hybridized carbons (Fsp3) is 0.524. The van der Waals surface area contributed by atoms with Crippen LogP contribution in [0.5, 0.6) is 5.75 Å². The fourth-order valence-electron chi connectivity index (χ4n) is 2.72. The number of halogens is 1. The molecule has 2 aromatic rings. The number of methoxy groups -OCH3 is 1. The second-order valence-electron chi connectivity index (χ2n) is 8.22. The third-order valence-electron chi connectivity index (χ3n) is 4.41. The lowest BCUT2D eigenvalue weighted by Crippen LogP contribution is -2.48. The summed E-state index contributed by atoms with van der Waals surface area (Å²) in [6, 6.07) is 7.75. The molecular formula is C21H34IN7O2. The highest BCUT2D eigenvalue weighted by atomic mass is 127. The minimum atomic E-state index is -0.290. The zero-order valence-electron chi connectivity index (χ0n) is 19.4. The van der Waals surface area contributed by atoms with E-state index in [1.807, 2.05) is 70.6 Å². The van der Waals surface area contributed by atoms with Gasteiger partial charge in [-0.2, -0.15) is 0 Å². The van der Waals surface area contributed by atoms with E-state index in [1.54, 1.807) is 12.0 Å². The first-order valence-corrected chi connectivity index (χ1v) is 9.87. The zero-order valence-corrected chi connectivity index (χ0v) is 21.7. The van der Waals surface area contributed by atoms with E-state index < -0.39 is 0 Å². The topological polar surface area (TPSA) is 96.7 Å². The van der Waals surface area contributed by atoms with Crippen molar-refractivity contribution in [2.24, 2.45) is 12.0 Å². The van der Waals surface area contributed by atoms with Gasteiger partial charge in [0.05, 0.1) is 26.7 Å². The first-order chi connectivity index (χ1) is 14.1. The summed E-state index contributed by atoms with van der Waals surface area (Å²) in [6.45, 7) is 8.87. The van der Waals surface area contributed by atoms with Gasteiger partial charge in [-0.15, -0.1) is 34.2 Å². The van der Waals surface area contributed by atoms with Crippen LogP contribution in [0.4, 0.5) is 0 Å². The first-order valence-electron chi connectivity index (χ1n) is 9.87. The second-order valence-corrected chi connectivity index (χ2v) is 8.22. The van der Waals surface area contributed by atoms with Gasteiger partial charge in [-0.3, -0.25) is 4.79 Å². The monoisotopic (exact) mass is 543 g/mol. The number of likely N-dealkylation sites (N-methyl/N-ethyl adjacent to an activating group) is 1. The number of rotatable bonds is 7. The quantitative estimate of drug-likeness (QED) is 0.316. The lowest BCUT2D eigenvalue weighted by atomic mass is 10.1. The number of nitrogens with one attached hydrogen (secondary N) is 2. The van der Waals surface area contributed by atoms with Crippen LogP contribution < -0.4 is 15.4 Å². The van der Waals surface area contributed by atoms with Crippen molar-refractivity contribution in [3.8, 4) is 5.75 Å². The van der Waals surface area contributed by atoms with E-state index in [0.717, 1.165) is 23.0 Å². The number of hydrogen-bond acceptors (Lipinski definition) is 5. The highest BCUT2D eigenvalue weighted by molar-refractivity contribution is 14.0. The van der Waals surface area contributed by atoms with Gasteiger partial charge in [-0.25, -0.2) is 4.99 Å². The molecule has 0 saturated heterocycles. The molecule has 1 heterocycles. The SMILES string of the molecule is COc1ccc(CN=C(NCc2nnc(C)n2C)N(C)CC(=O)NC(C)(C)C)cc1.I. The number of amides is 1. The van der Waals surface area contributed by atoms with Gasteiger partial charge in [-0.05, 0) is 45.4 Å². The number of aliphatic imine (C=N–C) groups is 1. The van der Waals surface area contributed by atoms with Gasteiger partial charge in [0.25, 0.3) is 0 Å². The van der Waals surface area contributed by atoms with E-state index in [2.05, 4.69) is 20.8 Å². The number of carbonyl (C=O) groups excluding carboxylic acids is 1. The normalized spacial score (nSPS) is 11.5. The number of aryl methyl sites for hydroxylation is 1. The van der Waals surface area contributed by atoms with Crippen molar-refractivity contribution in [2.45, 2.75) is 46.3 Å². The zero-order chi connectivity index (χ0) is 22.3. The number of ether oxygens (including phenoxy) is 1. The Labute approximate surface area is 201 Å². The van der Waals surface area contributed by atoms with Crippen molar-refractivity contribution in [1.29, 1.82) is 0 Å². The Hall–Kier alpha value is -2.37. The van der Waals surface area contributed by atoms with Gasteiger partial charge in [0, 0.05) is 19.6 Å². The Kier molecular flexibility index (Phi) is 10.2. The number of guanidine groups is 1. The van der Waals surface area contributed by atoms with E-state index in [-0.39, 0.29) is 42.0 Å². The van der Waals surface area contributed by atoms with Gasteiger partial charge in [0.2, 0.25) is 5.91 Å². The lowest BCUT2D eigenvalue weighted by molar-refractivity contribution is -0.122. The van der Waals surface area contributed by atoms with Crippen LogP contribution in [0, 0.1) is 6.92 Å². The molecule has 0 aliphatic rings. The average Bonchev–Trinajstić information content (AvgIpc) is 2.99. The summed E-state index contributed by atoms with van der Waals surface area (Å²) in [5, 5.41) is 14.5. The number of aromatic nitrogens is 3. The maximum Gasteiger partial charge on any atom is 0.240 e. The molecule has 0 aliphatic heterocycles. The molecule has 10 heteroatoms. The van der Waals surface area contributed by atoms with Crippen LogP contribution in [-0.2, 0) is 24.9 Å². The molecule has 2 N–H and O–H groups in total. The van der Waals surface area contributed by atoms with Gasteiger partial charge in [-0.1, -0.05) is 12.1 Å². The number of benzene rings is 1. The second kappa shape index (κ2) is 11.9. The summed E-state index contributed by atoms with van der Waals surface area (Å²) in [7, 11) is 5.39. The summed E-state index contributed by atoms with van der Waals surface area (Å²) in [5.74, 6) is 2.96. The van der Waals surface area contributed by atoms with E-state index in [0.29, 0.717) is 19.0 Å². The molecule has 0 saturated carbocycles. The van der Waals surface area contributed by atoms with Crippen LogP contribution in [0.2, 0.25) is 0 Å². The molecule has 1 aromatic carbocycles. The highest BCUT2D eigenvalue weighted by Crippen LogP contribution is 2.12.